The minimum Gasteiger partial charge on any atom is -0.303 e. The third-order valence-corrected chi connectivity index (χ3v) is 3.02. The minimum absolute atomic E-state index is 0.566. The molecule has 0 amide bonds. The van der Waals surface area contributed by atoms with Crippen molar-refractivity contribution < 1.29 is 0 Å². The molecule has 0 aromatic carbocycles. The lowest BCUT2D eigenvalue weighted by atomic mass is 10.3. The standard InChI is InChI=1S/C10H20N4S/c1-5-9-11-12-10(15)14(9)7-6-13(4)8(2)3/h8H,5-7H2,1-4H3,(H,12,15). The van der Waals surface area contributed by atoms with Crippen molar-refractivity contribution in [3.8, 4) is 0 Å². The average Bonchev–Trinajstić information content (AvgIpc) is 2.55. The first-order valence-corrected chi connectivity index (χ1v) is 5.81. The molecule has 1 aromatic heterocycles. The summed E-state index contributed by atoms with van der Waals surface area (Å²) in [6, 6.07) is 0.566. The van der Waals surface area contributed by atoms with Gasteiger partial charge >= 0.3 is 0 Å². The van der Waals surface area contributed by atoms with Gasteiger partial charge in [-0.05, 0) is 33.1 Å². The van der Waals surface area contributed by atoms with Gasteiger partial charge in [-0.15, -0.1) is 0 Å². The Morgan fingerprint density at radius 3 is 2.73 bits per heavy atom. The van der Waals surface area contributed by atoms with Crippen LogP contribution in [0.25, 0.3) is 0 Å². The van der Waals surface area contributed by atoms with E-state index in [0.717, 1.165) is 30.1 Å². The third kappa shape index (κ3) is 3.14. The predicted octanol–water partition coefficient (Wildman–Crippen LogP) is 1.84. The SMILES string of the molecule is CCc1n[nH]c(=S)n1CCN(C)C(C)C. The first-order chi connectivity index (χ1) is 7.06. The summed E-state index contributed by atoms with van der Waals surface area (Å²) in [5.74, 6) is 1.04. The van der Waals surface area contributed by atoms with Gasteiger partial charge in [0.2, 0.25) is 0 Å². The Balaban J connectivity index is 2.64. The molecular weight excluding hydrogens is 208 g/mol. The van der Waals surface area contributed by atoms with Crippen molar-refractivity contribution in [2.75, 3.05) is 13.6 Å². The van der Waals surface area contributed by atoms with Crippen molar-refractivity contribution in [2.45, 2.75) is 39.8 Å². The second-order valence-corrected chi connectivity index (χ2v) is 4.41. The Morgan fingerprint density at radius 1 is 1.53 bits per heavy atom. The van der Waals surface area contributed by atoms with E-state index in [1.165, 1.54) is 0 Å². The van der Waals surface area contributed by atoms with Gasteiger partial charge < -0.3 is 9.47 Å². The van der Waals surface area contributed by atoms with Crippen molar-refractivity contribution in [1.29, 1.82) is 0 Å². The Labute approximate surface area is 96.3 Å². The summed E-state index contributed by atoms with van der Waals surface area (Å²) in [5.41, 5.74) is 0. The summed E-state index contributed by atoms with van der Waals surface area (Å²) in [6.07, 6.45) is 0.915. The quantitative estimate of drug-likeness (QED) is 0.781. The van der Waals surface area contributed by atoms with E-state index in [9.17, 15) is 0 Å². The summed E-state index contributed by atoms with van der Waals surface area (Å²) in [4.78, 5) is 2.30. The molecular formula is C10H20N4S. The molecule has 0 atom stereocenters. The van der Waals surface area contributed by atoms with Gasteiger partial charge in [0.05, 0.1) is 0 Å². The zero-order valence-electron chi connectivity index (χ0n) is 9.95. The van der Waals surface area contributed by atoms with Crippen LogP contribution in [-0.4, -0.2) is 39.3 Å². The fourth-order valence-electron chi connectivity index (χ4n) is 1.37. The molecule has 1 heterocycles. The molecule has 1 aromatic rings. The highest BCUT2D eigenvalue weighted by atomic mass is 32.1. The molecule has 0 aliphatic rings. The highest BCUT2D eigenvalue weighted by Crippen LogP contribution is 2.01. The van der Waals surface area contributed by atoms with E-state index < -0.39 is 0 Å². The minimum atomic E-state index is 0.566. The van der Waals surface area contributed by atoms with Gasteiger partial charge in [-0.3, -0.25) is 5.10 Å². The van der Waals surface area contributed by atoms with Crippen molar-refractivity contribution in [2.24, 2.45) is 0 Å². The highest BCUT2D eigenvalue weighted by Gasteiger charge is 2.06. The number of aromatic amines is 1. The predicted molar refractivity (Wildman–Crippen MR) is 64.6 cm³/mol. The van der Waals surface area contributed by atoms with Crippen LogP contribution in [0.3, 0.4) is 0 Å². The van der Waals surface area contributed by atoms with Crippen molar-refractivity contribution in [3.05, 3.63) is 10.6 Å². The lowest BCUT2D eigenvalue weighted by Crippen LogP contribution is -2.30. The number of nitrogens with one attached hydrogen (secondary N) is 1. The maximum absolute atomic E-state index is 5.18. The van der Waals surface area contributed by atoms with Gasteiger partial charge in [-0.2, -0.15) is 5.10 Å². The first kappa shape index (κ1) is 12.4. The molecule has 0 unspecified atom stereocenters. The lowest BCUT2D eigenvalue weighted by Gasteiger charge is -2.21. The maximum atomic E-state index is 5.18. The Morgan fingerprint density at radius 2 is 2.20 bits per heavy atom. The molecule has 0 aliphatic carbocycles. The zero-order valence-corrected chi connectivity index (χ0v) is 10.8. The molecule has 0 spiro atoms. The average molecular weight is 228 g/mol. The number of hydrogen-bond donors (Lipinski definition) is 1. The van der Waals surface area contributed by atoms with Crippen LogP contribution in [-0.2, 0) is 13.0 Å². The number of likely N-dealkylation sites (N-methyl/N-ethyl adjacent to an activating group) is 1. The Kier molecular flexibility index (Phi) is 4.47. The topological polar surface area (TPSA) is 36.9 Å². The number of rotatable bonds is 5. The number of H-pyrrole nitrogens is 1. The normalized spacial score (nSPS) is 11.6. The van der Waals surface area contributed by atoms with Gasteiger partial charge in [-0.25, -0.2) is 0 Å². The van der Waals surface area contributed by atoms with Crippen molar-refractivity contribution in [1.82, 2.24) is 19.7 Å². The second-order valence-electron chi connectivity index (χ2n) is 4.02. The van der Waals surface area contributed by atoms with E-state index in [1.54, 1.807) is 0 Å². The van der Waals surface area contributed by atoms with Gasteiger partial charge in [0.15, 0.2) is 4.77 Å². The molecule has 0 fully saturated rings. The molecule has 0 saturated carbocycles. The molecule has 15 heavy (non-hydrogen) atoms. The van der Waals surface area contributed by atoms with Crippen molar-refractivity contribution in [3.63, 3.8) is 0 Å². The van der Waals surface area contributed by atoms with Crippen LogP contribution in [0.4, 0.5) is 0 Å². The highest BCUT2D eigenvalue weighted by molar-refractivity contribution is 7.71. The summed E-state index contributed by atoms with van der Waals surface area (Å²) in [6.45, 7) is 8.38. The number of aromatic nitrogens is 3. The molecule has 5 heteroatoms. The van der Waals surface area contributed by atoms with E-state index in [-0.39, 0.29) is 0 Å². The molecule has 0 saturated heterocycles. The molecule has 0 radical (unpaired) electrons. The smallest absolute Gasteiger partial charge is 0.195 e. The van der Waals surface area contributed by atoms with Gasteiger partial charge in [-0.1, -0.05) is 6.92 Å². The Bertz CT molecular complexity index is 353. The van der Waals surface area contributed by atoms with E-state index in [1.807, 2.05) is 0 Å². The van der Waals surface area contributed by atoms with Crippen LogP contribution in [0.15, 0.2) is 0 Å². The maximum Gasteiger partial charge on any atom is 0.195 e. The molecule has 1 N–H and O–H groups in total. The van der Waals surface area contributed by atoms with Crippen molar-refractivity contribution >= 4 is 12.2 Å². The van der Waals surface area contributed by atoms with E-state index in [2.05, 4.69) is 47.5 Å². The molecule has 4 nitrogen and oxygen atoms in total. The second kappa shape index (κ2) is 5.42. The van der Waals surface area contributed by atoms with Gasteiger partial charge in [0.1, 0.15) is 5.82 Å². The van der Waals surface area contributed by atoms with Crippen LogP contribution in [0.2, 0.25) is 0 Å². The fraction of sp³-hybridized carbons (Fsp3) is 0.800. The summed E-state index contributed by atoms with van der Waals surface area (Å²) in [5, 5.41) is 7.02. The van der Waals surface area contributed by atoms with E-state index in [4.69, 9.17) is 12.2 Å². The van der Waals surface area contributed by atoms with E-state index in [0.29, 0.717) is 6.04 Å². The van der Waals surface area contributed by atoms with Gasteiger partial charge in [0.25, 0.3) is 0 Å². The molecule has 0 aliphatic heterocycles. The summed E-state index contributed by atoms with van der Waals surface area (Å²) in [7, 11) is 2.12. The molecule has 0 bridgehead atoms. The van der Waals surface area contributed by atoms with Crippen LogP contribution >= 0.6 is 12.2 Å². The lowest BCUT2D eigenvalue weighted by molar-refractivity contribution is 0.261. The van der Waals surface area contributed by atoms with Crippen LogP contribution in [0.5, 0.6) is 0 Å². The Hall–Kier alpha value is -0.680. The zero-order chi connectivity index (χ0) is 11.4. The fourth-order valence-corrected chi connectivity index (χ4v) is 1.61. The largest absolute Gasteiger partial charge is 0.303 e. The number of aryl methyl sites for hydroxylation is 1. The molecule has 1 rings (SSSR count). The monoisotopic (exact) mass is 228 g/mol. The van der Waals surface area contributed by atoms with E-state index >= 15 is 0 Å². The summed E-state index contributed by atoms with van der Waals surface area (Å²) < 4.78 is 2.80. The first-order valence-electron chi connectivity index (χ1n) is 5.40. The number of nitrogens with zero attached hydrogens (tertiary/aromatic N) is 3. The van der Waals surface area contributed by atoms with Gasteiger partial charge in [0, 0.05) is 25.6 Å². The number of hydrogen-bond acceptors (Lipinski definition) is 3. The van der Waals surface area contributed by atoms with Crippen LogP contribution < -0.4 is 0 Å². The molecule has 86 valence electrons. The third-order valence-electron chi connectivity index (χ3n) is 2.71. The summed E-state index contributed by atoms with van der Waals surface area (Å²) >= 11 is 5.18. The van der Waals surface area contributed by atoms with Crippen LogP contribution in [0, 0.1) is 4.77 Å². The van der Waals surface area contributed by atoms with Crippen LogP contribution in [0.1, 0.15) is 26.6 Å².